The molecule has 2 aromatic heterocycles. The zero-order valence-corrected chi connectivity index (χ0v) is 21.9. The third-order valence-corrected chi connectivity index (χ3v) is 7.01. The van der Waals surface area contributed by atoms with Crippen molar-refractivity contribution >= 4 is 23.2 Å². The molecule has 198 valence electrons. The van der Waals surface area contributed by atoms with Gasteiger partial charge in [-0.05, 0) is 49.5 Å². The van der Waals surface area contributed by atoms with Crippen LogP contribution >= 0.6 is 23.2 Å². The molecule has 1 aliphatic heterocycles. The summed E-state index contributed by atoms with van der Waals surface area (Å²) in [6, 6.07) is 16.1. The molecule has 11 nitrogen and oxygen atoms in total. The topological polar surface area (TPSA) is 150 Å². The smallest absolute Gasteiger partial charge is 0.349 e. The molecule has 0 radical (unpaired) electrons. The van der Waals surface area contributed by atoms with Crippen LogP contribution in [0.5, 0.6) is 11.6 Å². The van der Waals surface area contributed by atoms with Crippen LogP contribution in [0, 0.1) is 11.3 Å². The highest BCUT2D eigenvalue weighted by Crippen LogP contribution is 2.38. The van der Waals surface area contributed by atoms with Crippen LogP contribution in [0.1, 0.15) is 35.6 Å². The molecule has 5 rings (SSSR count). The fourth-order valence-electron chi connectivity index (χ4n) is 4.52. The van der Waals surface area contributed by atoms with Crippen molar-refractivity contribution < 1.29 is 4.74 Å². The number of aromatic amines is 2. The molecular weight excluding hydrogens is 545 g/mol. The molecular formula is C26H21Cl2N7O4. The number of nitriles is 1. The van der Waals surface area contributed by atoms with Gasteiger partial charge in [0.1, 0.15) is 6.07 Å². The molecule has 13 heteroatoms. The summed E-state index contributed by atoms with van der Waals surface area (Å²) in [5.41, 5.74) is -0.644. The van der Waals surface area contributed by atoms with Crippen molar-refractivity contribution in [2.75, 3.05) is 13.1 Å². The van der Waals surface area contributed by atoms with Gasteiger partial charge in [-0.15, -0.1) is 10.2 Å². The number of halogens is 2. The van der Waals surface area contributed by atoms with E-state index in [0.29, 0.717) is 5.56 Å². The normalized spacial score (nSPS) is 14.2. The number of rotatable bonds is 6. The van der Waals surface area contributed by atoms with E-state index in [1.54, 1.807) is 12.1 Å². The van der Waals surface area contributed by atoms with Crippen LogP contribution in [-0.2, 0) is 6.54 Å². The van der Waals surface area contributed by atoms with Crippen molar-refractivity contribution in [2.45, 2.75) is 25.3 Å². The molecule has 0 spiro atoms. The number of hydrogen-bond donors (Lipinski definition) is 2. The SMILES string of the molecule is N#Cc1nn(-c2cc(Cl)c(Oc3cc(C4CCN(Cc5ccccc5)CC4)c(=O)[nH]n3)c(Cl)c2)c(=O)[nH]c1=O. The maximum atomic E-state index is 12.6. The molecule has 2 aromatic carbocycles. The number of H-pyrrole nitrogens is 2. The van der Waals surface area contributed by atoms with Crippen molar-refractivity contribution in [1.82, 2.24) is 29.9 Å². The molecule has 0 saturated carbocycles. The van der Waals surface area contributed by atoms with E-state index in [0.717, 1.165) is 37.2 Å². The molecule has 1 aliphatic rings. The van der Waals surface area contributed by atoms with Gasteiger partial charge in [-0.2, -0.15) is 9.94 Å². The standard InChI is InChI=1S/C26H21Cl2N7O4/c27-19-10-17(35-26(38)30-25(37)21(13-29)33-35)11-20(28)23(19)39-22-12-18(24(36)32-31-22)16-6-8-34(9-7-16)14-15-4-2-1-3-5-15/h1-5,10-12,16H,6-9,14H2,(H,32,36)(H,30,37,38). The minimum absolute atomic E-state index is 0.0136. The second kappa shape index (κ2) is 11.2. The van der Waals surface area contributed by atoms with Gasteiger partial charge >= 0.3 is 5.69 Å². The quantitative estimate of drug-likeness (QED) is 0.361. The monoisotopic (exact) mass is 565 g/mol. The van der Waals surface area contributed by atoms with Crippen molar-refractivity contribution in [2.24, 2.45) is 0 Å². The Kier molecular flexibility index (Phi) is 7.60. The average Bonchev–Trinajstić information content (AvgIpc) is 2.93. The van der Waals surface area contributed by atoms with E-state index in [-0.39, 0.29) is 38.8 Å². The number of nitrogens with zero attached hydrogens (tertiary/aromatic N) is 5. The van der Waals surface area contributed by atoms with Crippen LogP contribution in [0.2, 0.25) is 10.0 Å². The Morgan fingerprint density at radius 1 is 1.03 bits per heavy atom. The lowest BCUT2D eigenvalue weighted by Crippen LogP contribution is -2.34. The van der Waals surface area contributed by atoms with E-state index in [9.17, 15) is 14.4 Å². The fraction of sp³-hybridized carbons (Fsp3) is 0.231. The maximum absolute atomic E-state index is 12.6. The average molecular weight is 566 g/mol. The highest BCUT2D eigenvalue weighted by atomic mass is 35.5. The van der Waals surface area contributed by atoms with E-state index in [1.165, 1.54) is 17.7 Å². The molecule has 4 aromatic rings. The van der Waals surface area contributed by atoms with Gasteiger partial charge in [0, 0.05) is 18.2 Å². The molecule has 1 saturated heterocycles. The zero-order valence-electron chi connectivity index (χ0n) is 20.4. The first-order chi connectivity index (χ1) is 18.8. The molecule has 39 heavy (non-hydrogen) atoms. The number of ether oxygens (including phenoxy) is 1. The van der Waals surface area contributed by atoms with Gasteiger partial charge in [0.15, 0.2) is 5.75 Å². The summed E-state index contributed by atoms with van der Waals surface area (Å²) in [4.78, 5) is 40.8. The number of nitrogens with one attached hydrogen (secondary N) is 2. The van der Waals surface area contributed by atoms with Crippen molar-refractivity contribution in [1.29, 1.82) is 5.26 Å². The summed E-state index contributed by atoms with van der Waals surface area (Å²) in [5.74, 6) is 0.175. The van der Waals surface area contributed by atoms with E-state index in [2.05, 4.69) is 32.3 Å². The van der Waals surface area contributed by atoms with Gasteiger partial charge in [0.25, 0.3) is 11.1 Å². The lowest BCUT2D eigenvalue weighted by Gasteiger charge is -2.31. The second-order valence-electron chi connectivity index (χ2n) is 9.00. The molecule has 0 aliphatic carbocycles. The van der Waals surface area contributed by atoms with Gasteiger partial charge in [0.05, 0.1) is 15.7 Å². The Bertz CT molecular complexity index is 1710. The first kappa shape index (κ1) is 26.4. The summed E-state index contributed by atoms with van der Waals surface area (Å²) < 4.78 is 6.63. The highest BCUT2D eigenvalue weighted by Gasteiger charge is 2.24. The first-order valence-electron chi connectivity index (χ1n) is 12.0. The highest BCUT2D eigenvalue weighted by molar-refractivity contribution is 6.37. The zero-order chi connectivity index (χ0) is 27.5. The van der Waals surface area contributed by atoms with Crippen LogP contribution in [0.15, 0.2) is 62.9 Å². The van der Waals surface area contributed by atoms with E-state index >= 15 is 0 Å². The summed E-state index contributed by atoms with van der Waals surface area (Å²) in [6.07, 6.45) is 1.61. The predicted molar refractivity (Wildman–Crippen MR) is 144 cm³/mol. The van der Waals surface area contributed by atoms with Gasteiger partial charge in [-0.3, -0.25) is 19.5 Å². The van der Waals surface area contributed by atoms with Gasteiger partial charge in [0.2, 0.25) is 11.6 Å². The Balaban J connectivity index is 1.34. The van der Waals surface area contributed by atoms with Crippen molar-refractivity contribution in [3.8, 4) is 23.4 Å². The molecule has 0 amide bonds. The summed E-state index contributed by atoms with van der Waals surface area (Å²) in [5, 5.41) is 19.3. The van der Waals surface area contributed by atoms with Crippen LogP contribution in [-0.4, -0.2) is 43.0 Å². The number of benzene rings is 2. The third-order valence-electron chi connectivity index (χ3n) is 6.45. The largest absolute Gasteiger partial charge is 0.434 e. The number of hydrogen-bond acceptors (Lipinski definition) is 8. The summed E-state index contributed by atoms with van der Waals surface area (Å²) in [7, 11) is 0. The molecule has 0 bridgehead atoms. The number of piperidine rings is 1. The Morgan fingerprint density at radius 3 is 2.38 bits per heavy atom. The summed E-state index contributed by atoms with van der Waals surface area (Å²) >= 11 is 12.8. The van der Waals surface area contributed by atoms with Gasteiger partial charge < -0.3 is 4.74 Å². The minimum Gasteiger partial charge on any atom is -0.434 e. The summed E-state index contributed by atoms with van der Waals surface area (Å²) in [6.45, 7) is 2.56. The maximum Gasteiger partial charge on any atom is 0.349 e. The molecule has 0 atom stereocenters. The second-order valence-corrected chi connectivity index (χ2v) is 9.81. The molecule has 0 unspecified atom stereocenters. The van der Waals surface area contributed by atoms with E-state index < -0.39 is 16.9 Å². The van der Waals surface area contributed by atoms with Crippen molar-refractivity contribution in [3.05, 3.63) is 107 Å². The van der Waals surface area contributed by atoms with E-state index in [4.69, 9.17) is 33.2 Å². The molecule has 3 heterocycles. The molecule has 2 N–H and O–H groups in total. The van der Waals surface area contributed by atoms with Crippen LogP contribution in [0.3, 0.4) is 0 Å². The lowest BCUT2D eigenvalue weighted by atomic mass is 9.90. The van der Waals surface area contributed by atoms with Crippen LogP contribution < -0.4 is 21.5 Å². The van der Waals surface area contributed by atoms with Crippen molar-refractivity contribution in [3.63, 3.8) is 0 Å². The van der Waals surface area contributed by atoms with Gasteiger partial charge in [-0.25, -0.2) is 9.89 Å². The minimum atomic E-state index is -0.905. The van der Waals surface area contributed by atoms with Gasteiger partial charge in [-0.1, -0.05) is 53.5 Å². The molecule has 1 fully saturated rings. The Hall–Kier alpha value is -4.24. The Morgan fingerprint density at radius 2 is 1.72 bits per heavy atom. The lowest BCUT2D eigenvalue weighted by molar-refractivity contribution is 0.204. The number of aromatic nitrogens is 5. The predicted octanol–water partition coefficient (Wildman–Crippen LogP) is 3.35. The van der Waals surface area contributed by atoms with Crippen LogP contribution in [0.4, 0.5) is 0 Å². The fourth-order valence-corrected chi connectivity index (χ4v) is 5.07. The van der Waals surface area contributed by atoms with Crippen LogP contribution in [0.25, 0.3) is 5.69 Å². The van der Waals surface area contributed by atoms with E-state index in [1.807, 2.05) is 23.2 Å². The number of likely N-dealkylation sites (tertiary alicyclic amines) is 1. The first-order valence-corrected chi connectivity index (χ1v) is 12.7. The Labute approximate surface area is 231 Å². The third kappa shape index (κ3) is 5.78.